The number of hydrogen-bond donors (Lipinski definition) is 2. The first-order chi connectivity index (χ1) is 7.36. The maximum atomic E-state index is 11.6. The molecule has 16 heavy (non-hydrogen) atoms. The van der Waals surface area contributed by atoms with E-state index in [0.29, 0.717) is 5.02 Å². The fraction of sp³-hybridized carbons (Fsp3) is 0.333. The van der Waals surface area contributed by atoms with Crippen LogP contribution in [0, 0.1) is 0 Å². The van der Waals surface area contributed by atoms with E-state index in [1.54, 1.807) is 6.07 Å². The highest BCUT2D eigenvalue weighted by atomic mass is 35.5. The van der Waals surface area contributed by atoms with Gasteiger partial charge in [0.2, 0.25) is 10.0 Å². The van der Waals surface area contributed by atoms with Gasteiger partial charge in [0.05, 0.1) is 17.3 Å². The zero-order valence-electron chi connectivity index (χ0n) is 8.44. The van der Waals surface area contributed by atoms with Crippen molar-refractivity contribution in [2.24, 2.45) is 0 Å². The van der Waals surface area contributed by atoms with Crippen LogP contribution in [0.2, 0.25) is 10.0 Å². The van der Waals surface area contributed by atoms with Gasteiger partial charge < -0.3 is 5.11 Å². The third-order valence-electron chi connectivity index (χ3n) is 1.97. The summed E-state index contributed by atoms with van der Waals surface area (Å²) < 4.78 is 25.5. The maximum Gasteiger partial charge on any atom is 0.237 e. The molecule has 0 saturated heterocycles. The van der Waals surface area contributed by atoms with Gasteiger partial charge in [0.25, 0.3) is 0 Å². The molecule has 1 aromatic carbocycles. The third-order valence-corrected chi connectivity index (χ3v) is 4.25. The minimum absolute atomic E-state index is 0.203. The summed E-state index contributed by atoms with van der Waals surface area (Å²) in [6.45, 7) is 0.925. The number of aliphatic hydroxyl groups is 1. The molecule has 0 radical (unpaired) electrons. The molecule has 0 heterocycles. The van der Waals surface area contributed by atoms with Crippen molar-refractivity contribution in [3.05, 3.63) is 28.2 Å². The van der Waals surface area contributed by atoms with Gasteiger partial charge in [-0.1, -0.05) is 23.2 Å². The number of halogens is 2. The van der Waals surface area contributed by atoms with E-state index in [-0.39, 0.29) is 10.7 Å². The van der Waals surface area contributed by atoms with Gasteiger partial charge in [0.1, 0.15) is 5.25 Å². The Hall–Kier alpha value is -0.490. The molecule has 0 bridgehead atoms. The van der Waals surface area contributed by atoms with E-state index in [0.717, 1.165) is 0 Å². The van der Waals surface area contributed by atoms with Crippen LogP contribution < -0.4 is 4.72 Å². The Balaban J connectivity index is 3.01. The molecule has 1 rings (SSSR count). The fourth-order valence-electron chi connectivity index (χ4n) is 0.928. The summed E-state index contributed by atoms with van der Waals surface area (Å²) in [6.07, 6.45) is 0. The summed E-state index contributed by atoms with van der Waals surface area (Å²) in [5, 5.41) is 8.50. The molecule has 0 saturated carbocycles. The standard InChI is InChI=1S/C9H11Cl2NO3S/c1-6(5-13)16(14,15)12-9-4-7(10)2-3-8(9)11/h2-4,6,12-13H,5H2,1H3. The van der Waals surface area contributed by atoms with Crippen LogP contribution in [0.3, 0.4) is 0 Å². The lowest BCUT2D eigenvalue weighted by Crippen LogP contribution is -2.28. The van der Waals surface area contributed by atoms with E-state index in [4.69, 9.17) is 28.3 Å². The Morgan fingerprint density at radius 2 is 2.06 bits per heavy atom. The van der Waals surface area contributed by atoms with E-state index in [1.165, 1.54) is 19.1 Å². The topological polar surface area (TPSA) is 66.4 Å². The first-order valence-corrected chi connectivity index (χ1v) is 6.74. The highest BCUT2D eigenvalue weighted by Gasteiger charge is 2.20. The first kappa shape index (κ1) is 13.6. The average Bonchev–Trinajstić information content (AvgIpc) is 2.22. The van der Waals surface area contributed by atoms with Crippen LogP contribution >= 0.6 is 23.2 Å². The first-order valence-electron chi connectivity index (χ1n) is 4.44. The molecule has 0 aliphatic carbocycles. The predicted molar refractivity (Wildman–Crippen MR) is 65.6 cm³/mol. The van der Waals surface area contributed by atoms with Gasteiger partial charge in [-0.3, -0.25) is 4.72 Å². The van der Waals surface area contributed by atoms with Crippen molar-refractivity contribution in [2.75, 3.05) is 11.3 Å². The van der Waals surface area contributed by atoms with Crippen LogP contribution in [0.4, 0.5) is 5.69 Å². The highest BCUT2D eigenvalue weighted by Crippen LogP contribution is 2.26. The molecule has 0 spiro atoms. The molecule has 4 nitrogen and oxygen atoms in total. The van der Waals surface area contributed by atoms with Crippen LogP contribution in [-0.4, -0.2) is 25.4 Å². The molecule has 0 aliphatic heterocycles. The van der Waals surface area contributed by atoms with Crippen LogP contribution in [0.15, 0.2) is 18.2 Å². The number of hydrogen-bond acceptors (Lipinski definition) is 3. The highest BCUT2D eigenvalue weighted by molar-refractivity contribution is 7.93. The Morgan fingerprint density at radius 1 is 1.44 bits per heavy atom. The number of aliphatic hydroxyl groups excluding tert-OH is 1. The van der Waals surface area contributed by atoms with Gasteiger partial charge >= 0.3 is 0 Å². The number of benzene rings is 1. The maximum absolute atomic E-state index is 11.6. The van der Waals surface area contributed by atoms with Crippen LogP contribution in [-0.2, 0) is 10.0 Å². The van der Waals surface area contributed by atoms with E-state index in [2.05, 4.69) is 4.72 Å². The summed E-state index contributed by atoms with van der Waals surface area (Å²) in [5.74, 6) is 0. The second-order valence-electron chi connectivity index (χ2n) is 3.26. The van der Waals surface area contributed by atoms with Crippen LogP contribution in [0.1, 0.15) is 6.92 Å². The lowest BCUT2D eigenvalue weighted by Gasteiger charge is -2.13. The van der Waals surface area contributed by atoms with E-state index >= 15 is 0 Å². The summed E-state index contributed by atoms with van der Waals surface area (Å²) in [4.78, 5) is 0. The Bertz CT molecular complexity index is 476. The van der Waals surface area contributed by atoms with Crippen molar-refractivity contribution in [1.82, 2.24) is 0 Å². The SMILES string of the molecule is CC(CO)S(=O)(=O)Nc1cc(Cl)ccc1Cl. The van der Waals surface area contributed by atoms with E-state index in [1.807, 2.05) is 0 Å². The van der Waals surface area contributed by atoms with Crippen molar-refractivity contribution in [2.45, 2.75) is 12.2 Å². The van der Waals surface area contributed by atoms with Crippen molar-refractivity contribution in [3.63, 3.8) is 0 Å². The summed E-state index contributed by atoms with van der Waals surface area (Å²) >= 11 is 11.5. The molecule has 0 aromatic heterocycles. The largest absolute Gasteiger partial charge is 0.395 e. The molecule has 0 amide bonds. The van der Waals surface area contributed by atoms with E-state index in [9.17, 15) is 8.42 Å². The Kier molecular flexibility index (Phi) is 4.43. The molecule has 7 heteroatoms. The summed E-state index contributed by atoms with van der Waals surface area (Å²) in [6, 6.07) is 4.45. The Morgan fingerprint density at radius 3 is 2.62 bits per heavy atom. The molecule has 1 unspecified atom stereocenters. The molecule has 1 atom stereocenters. The minimum atomic E-state index is -3.65. The zero-order chi connectivity index (χ0) is 12.3. The fourth-order valence-corrected chi connectivity index (χ4v) is 2.19. The predicted octanol–water partition coefficient (Wildman–Crippen LogP) is 2.12. The molecular weight excluding hydrogens is 273 g/mol. The zero-order valence-corrected chi connectivity index (χ0v) is 10.8. The smallest absolute Gasteiger partial charge is 0.237 e. The van der Waals surface area contributed by atoms with Gasteiger partial charge in [-0.15, -0.1) is 0 Å². The summed E-state index contributed by atoms with van der Waals surface area (Å²) in [7, 11) is -3.65. The summed E-state index contributed by atoms with van der Waals surface area (Å²) in [5.41, 5.74) is 0.203. The lowest BCUT2D eigenvalue weighted by atomic mass is 10.3. The Labute approximate surface area is 104 Å². The number of anilines is 1. The molecule has 2 N–H and O–H groups in total. The van der Waals surface area contributed by atoms with Gasteiger partial charge in [-0.2, -0.15) is 0 Å². The quantitative estimate of drug-likeness (QED) is 0.890. The van der Waals surface area contributed by atoms with E-state index < -0.39 is 21.9 Å². The number of nitrogens with one attached hydrogen (secondary N) is 1. The van der Waals surface area contributed by atoms with Crippen LogP contribution in [0.25, 0.3) is 0 Å². The molecular formula is C9H11Cl2NO3S. The van der Waals surface area contributed by atoms with Crippen molar-refractivity contribution in [3.8, 4) is 0 Å². The minimum Gasteiger partial charge on any atom is -0.395 e. The van der Waals surface area contributed by atoms with Crippen molar-refractivity contribution < 1.29 is 13.5 Å². The van der Waals surface area contributed by atoms with Gasteiger partial charge in [-0.05, 0) is 25.1 Å². The molecule has 1 aromatic rings. The van der Waals surface area contributed by atoms with Crippen molar-refractivity contribution in [1.29, 1.82) is 0 Å². The average molecular weight is 284 g/mol. The second kappa shape index (κ2) is 5.23. The number of sulfonamides is 1. The normalized spacial score (nSPS) is 13.5. The van der Waals surface area contributed by atoms with Gasteiger partial charge in [0, 0.05) is 5.02 Å². The van der Waals surface area contributed by atoms with Crippen LogP contribution in [0.5, 0.6) is 0 Å². The molecule has 0 aliphatic rings. The number of rotatable bonds is 4. The molecule has 0 fully saturated rings. The lowest BCUT2D eigenvalue weighted by molar-refractivity contribution is 0.296. The monoisotopic (exact) mass is 283 g/mol. The van der Waals surface area contributed by atoms with Gasteiger partial charge in [0.15, 0.2) is 0 Å². The third kappa shape index (κ3) is 3.25. The van der Waals surface area contributed by atoms with Gasteiger partial charge in [-0.25, -0.2) is 8.42 Å². The molecule has 90 valence electrons. The second-order valence-corrected chi connectivity index (χ2v) is 6.21. The van der Waals surface area contributed by atoms with Crippen molar-refractivity contribution >= 4 is 38.9 Å².